The Kier molecular flexibility index (Phi) is 4.15. The standard InChI is InChI=1S/C15H21N3/c1-11(2)15(13-7-5-4-6-8-13)16-9-14-10-17-18-12(14)3/h4-8,10-11,15-16H,9H2,1-3H3,(H,17,18)/t15-/m0/s1. The molecule has 2 aromatic rings. The van der Waals surface area contributed by atoms with E-state index in [-0.39, 0.29) is 0 Å². The van der Waals surface area contributed by atoms with Crippen LogP contribution in [0.1, 0.15) is 36.7 Å². The monoisotopic (exact) mass is 243 g/mol. The van der Waals surface area contributed by atoms with E-state index in [0.29, 0.717) is 12.0 Å². The average molecular weight is 243 g/mol. The molecule has 0 unspecified atom stereocenters. The summed E-state index contributed by atoms with van der Waals surface area (Å²) in [7, 11) is 0. The van der Waals surface area contributed by atoms with E-state index in [1.807, 2.05) is 6.20 Å². The third-order valence-electron chi connectivity index (χ3n) is 3.27. The van der Waals surface area contributed by atoms with Gasteiger partial charge in [-0.3, -0.25) is 5.10 Å². The highest BCUT2D eigenvalue weighted by molar-refractivity contribution is 5.20. The van der Waals surface area contributed by atoms with E-state index in [0.717, 1.165) is 12.2 Å². The molecule has 0 fully saturated rings. The van der Waals surface area contributed by atoms with Crippen LogP contribution in [-0.4, -0.2) is 10.2 Å². The number of H-pyrrole nitrogens is 1. The van der Waals surface area contributed by atoms with Crippen LogP contribution in [0, 0.1) is 12.8 Å². The molecule has 18 heavy (non-hydrogen) atoms. The zero-order valence-electron chi connectivity index (χ0n) is 11.3. The minimum Gasteiger partial charge on any atom is -0.306 e. The third-order valence-corrected chi connectivity index (χ3v) is 3.27. The van der Waals surface area contributed by atoms with E-state index < -0.39 is 0 Å². The summed E-state index contributed by atoms with van der Waals surface area (Å²) in [5, 5.41) is 10.6. The van der Waals surface area contributed by atoms with Gasteiger partial charge in [0.05, 0.1) is 6.20 Å². The normalized spacial score (nSPS) is 12.9. The maximum absolute atomic E-state index is 4.05. The van der Waals surface area contributed by atoms with E-state index >= 15 is 0 Å². The van der Waals surface area contributed by atoms with E-state index in [2.05, 4.69) is 66.6 Å². The van der Waals surface area contributed by atoms with Crippen LogP contribution in [0.15, 0.2) is 36.5 Å². The lowest BCUT2D eigenvalue weighted by atomic mass is 9.96. The Hall–Kier alpha value is -1.61. The molecule has 3 nitrogen and oxygen atoms in total. The van der Waals surface area contributed by atoms with Crippen LogP contribution in [0.3, 0.4) is 0 Å². The highest BCUT2D eigenvalue weighted by Gasteiger charge is 2.15. The van der Waals surface area contributed by atoms with Crippen LogP contribution < -0.4 is 5.32 Å². The SMILES string of the molecule is Cc1[nH]ncc1CN[C@H](c1ccccc1)C(C)C. The van der Waals surface area contributed by atoms with Crippen molar-refractivity contribution in [3.63, 3.8) is 0 Å². The van der Waals surface area contributed by atoms with Gasteiger partial charge < -0.3 is 5.32 Å². The molecular formula is C15H21N3. The van der Waals surface area contributed by atoms with Gasteiger partial charge in [0.15, 0.2) is 0 Å². The summed E-state index contributed by atoms with van der Waals surface area (Å²) in [6.45, 7) is 7.39. The van der Waals surface area contributed by atoms with Gasteiger partial charge in [-0.05, 0) is 18.4 Å². The minimum absolute atomic E-state index is 0.375. The number of aromatic nitrogens is 2. The first kappa shape index (κ1) is 12.8. The van der Waals surface area contributed by atoms with E-state index in [9.17, 15) is 0 Å². The fourth-order valence-corrected chi connectivity index (χ4v) is 2.17. The van der Waals surface area contributed by atoms with E-state index in [1.165, 1.54) is 11.1 Å². The van der Waals surface area contributed by atoms with Crippen molar-refractivity contribution in [3.8, 4) is 0 Å². The predicted octanol–water partition coefficient (Wildman–Crippen LogP) is 3.21. The molecule has 0 aliphatic carbocycles. The van der Waals surface area contributed by atoms with Crippen molar-refractivity contribution in [1.82, 2.24) is 15.5 Å². The molecule has 1 aromatic heterocycles. The molecule has 3 heteroatoms. The van der Waals surface area contributed by atoms with Gasteiger partial charge in [0.2, 0.25) is 0 Å². The van der Waals surface area contributed by atoms with Crippen molar-refractivity contribution in [3.05, 3.63) is 53.3 Å². The quantitative estimate of drug-likeness (QED) is 0.846. The van der Waals surface area contributed by atoms with Crippen molar-refractivity contribution in [2.45, 2.75) is 33.4 Å². The number of aromatic amines is 1. The van der Waals surface area contributed by atoms with E-state index in [4.69, 9.17) is 0 Å². The number of hydrogen-bond acceptors (Lipinski definition) is 2. The highest BCUT2D eigenvalue weighted by atomic mass is 15.1. The molecule has 0 amide bonds. The highest BCUT2D eigenvalue weighted by Crippen LogP contribution is 2.21. The van der Waals surface area contributed by atoms with Crippen molar-refractivity contribution >= 4 is 0 Å². The average Bonchev–Trinajstić information content (AvgIpc) is 2.76. The van der Waals surface area contributed by atoms with Crippen molar-refractivity contribution < 1.29 is 0 Å². The first-order valence-corrected chi connectivity index (χ1v) is 6.45. The van der Waals surface area contributed by atoms with Gasteiger partial charge in [-0.15, -0.1) is 0 Å². The first-order valence-electron chi connectivity index (χ1n) is 6.45. The minimum atomic E-state index is 0.375. The number of hydrogen-bond donors (Lipinski definition) is 2. The predicted molar refractivity (Wildman–Crippen MR) is 74.2 cm³/mol. The van der Waals surface area contributed by atoms with Crippen molar-refractivity contribution in [2.24, 2.45) is 5.92 Å². The lowest BCUT2D eigenvalue weighted by molar-refractivity contribution is 0.410. The Morgan fingerprint density at radius 1 is 1.22 bits per heavy atom. The molecule has 1 aromatic carbocycles. The fraction of sp³-hybridized carbons (Fsp3) is 0.400. The summed E-state index contributed by atoms with van der Waals surface area (Å²) in [6.07, 6.45) is 1.89. The van der Waals surface area contributed by atoms with E-state index in [1.54, 1.807) is 0 Å². The summed E-state index contributed by atoms with van der Waals surface area (Å²) in [5.74, 6) is 0.555. The van der Waals surface area contributed by atoms with Crippen molar-refractivity contribution in [1.29, 1.82) is 0 Å². The van der Waals surface area contributed by atoms with Crippen LogP contribution in [0.4, 0.5) is 0 Å². The number of benzene rings is 1. The summed E-state index contributed by atoms with van der Waals surface area (Å²) < 4.78 is 0. The fourth-order valence-electron chi connectivity index (χ4n) is 2.17. The summed E-state index contributed by atoms with van der Waals surface area (Å²) in [4.78, 5) is 0. The molecule has 0 saturated heterocycles. The molecule has 0 spiro atoms. The first-order chi connectivity index (χ1) is 8.68. The van der Waals surface area contributed by atoms with Crippen LogP contribution >= 0.6 is 0 Å². The maximum atomic E-state index is 4.05. The second-order valence-corrected chi connectivity index (χ2v) is 5.03. The lowest BCUT2D eigenvalue weighted by Gasteiger charge is -2.23. The second kappa shape index (κ2) is 5.83. The van der Waals surface area contributed by atoms with Gasteiger partial charge >= 0.3 is 0 Å². The Labute approximate surface area is 109 Å². The van der Waals surface area contributed by atoms with Gasteiger partial charge in [0.1, 0.15) is 0 Å². The van der Waals surface area contributed by atoms with Crippen LogP contribution in [0.25, 0.3) is 0 Å². The smallest absolute Gasteiger partial charge is 0.0535 e. The van der Waals surface area contributed by atoms with Crippen LogP contribution in [0.2, 0.25) is 0 Å². The molecule has 1 atom stereocenters. The molecule has 1 heterocycles. The van der Waals surface area contributed by atoms with Gasteiger partial charge in [0.25, 0.3) is 0 Å². The van der Waals surface area contributed by atoms with Gasteiger partial charge in [-0.1, -0.05) is 44.2 Å². The van der Waals surface area contributed by atoms with Crippen molar-refractivity contribution in [2.75, 3.05) is 0 Å². The number of nitrogens with zero attached hydrogens (tertiary/aromatic N) is 1. The Bertz CT molecular complexity index is 473. The number of aryl methyl sites for hydroxylation is 1. The van der Waals surface area contributed by atoms with Crippen LogP contribution in [0.5, 0.6) is 0 Å². The van der Waals surface area contributed by atoms with Crippen LogP contribution in [-0.2, 0) is 6.54 Å². The molecule has 0 aliphatic rings. The summed E-state index contributed by atoms with van der Waals surface area (Å²) in [5.41, 5.74) is 3.71. The Balaban J connectivity index is 2.06. The zero-order chi connectivity index (χ0) is 13.0. The molecule has 2 N–H and O–H groups in total. The lowest BCUT2D eigenvalue weighted by Crippen LogP contribution is -2.25. The zero-order valence-corrected chi connectivity index (χ0v) is 11.3. The molecular weight excluding hydrogens is 222 g/mol. The second-order valence-electron chi connectivity index (χ2n) is 5.03. The third kappa shape index (κ3) is 2.99. The van der Waals surface area contributed by atoms with Gasteiger partial charge in [-0.2, -0.15) is 5.10 Å². The largest absolute Gasteiger partial charge is 0.306 e. The molecule has 0 aliphatic heterocycles. The molecule has 2 rings (SSSR count). The Morgan fingerprint density at radius 2 is 1.94 bits per heavy atom. The topological polar surface area (TPSA) is 40.7 Å². The summed E-state index contributed by atoms with van der Waals surface area (Å²) in [6, 6.07) is 11.0. The Morgan fingerprint density at radius 3 is 2.50 bits per heavy atom. The number of rotatable bonds is 5. The molecule has 0 radical (unpaired) electrons. The number of nitrogens with one attached hydrogen (secondary N) is 2. The molecule has 0 saturated carbocycles. The molecule has 0 bridgehead atoms. The molecule has 96 valence electrons. The van der Waals surface area contributed by atoms with Gasteiger partial charge in [-0.25, -0.2) is 0 Å². The summed E-state index contributed by atoms with van der Waals surface area (Å²) >= 11 is 0. The van der Waals surface area contributed by atoms with Gasteiger partial charge in [0, 0.05) is 23.8 Å². The maximum Gasteiger partial charge on any atom is 0.0535 e.